The monoisotopic (exact) mass is 620 g/mol. The van der Waals surface area contributed by atoms with Crippen LogP contribution in [0, 0.1) is 50.2 Å². The van der Waals surface area contributed by atoms with Crippen molar-refractivity contribution < 1.29 is 34.4 Å². The first-order chi connectivity index (χ1) is 20.8. The topological polar surface area (TPSA) is 121 Å². The van der Waals surface area contributed by atoms with E-state index in [0.29, 0.717) is 12.3 Å². The third-order valence-corrected chi connectivity index (χ3v) is 14.8. The molecule has 0 radical (unpaired) electrons. The van der Waals surface area contributed by atoms with Crippen molar-refractivity contribution in [2.45, 2.75) is 118 Å². The molecule has 0 amide bonds. The number of rotatable bonds is 4. The van der Waals surface area contributed by atoms with Gasteiger partial charge in [-0.25, -0.2) is 9.59 Å². The molecule has 6 rings (SSSR count). The van der Waals surface area contributed by atoms with Crippen molar-refractivity contribution >= 4 is 17.9 Å². The highest BCUT2D eigenvalue weighted by molar-refractivity contribution is 6.02. The quantitative estimate of drug-likeness (QED) is 0.177. The van der Waals surface area contributed by atoms with E-state index < -0.39 is 34.5 Å². The molecule has 1 aromatic rings. The van der Waals surface area contributed by atoms with Crippen molar-refractivity contribution in [3.05, 3.63) is 47.0 Å². The number of hydrogen-bond donors (Lipinski definition) is 3. The van der Waals surface area contributed by atoms with Gasteiger partial charge in [-0.2, -0.15) is 0 Å². The normalized spacial score (nSPS) is 42.9. The lowest BCUT2D eigenvalue weighted by atomic mass is 9.33. The van der Waals surface area contributed by atoms with Gasteiger partial charge < -0.3 is 20.1 Å². The van der Waals surface area contributed by atoms with Gasteiger partial charge in [0.1, 0.15) is 0 Å². The second kappa shape index (κ2) is 9.92. The maximum atomic E-state index is 13.4. The lowest BCUT2D eigenvalue weighted by molar-refractivity contribution is -0.309. The lowest BCUT2D eigenvalue weighted by Crippen LogP contribution is -2.67. The van der Waals surface area contributed by atoms with Crippen LogP contribution in [0.15, 0.2) is 35.9 Å². The molecule has 4 saturated carbocycles. The molecule has 45 heavy (non-hydrogen) atoms. The lowest BCUT2D eigenvalue weighted by Gasteiger charge is -2.71. The minimum atomic E-state index is -1.74. The fourth-order valence-electron chi connectivity index (χ4n) is 11.8. The maximum absolute atomic E-state index is 13.4. The van der Waals surface area contributed by atoms with Crippen LogP contribution in [0.5, 0.6) is 0 Å². The van der Waals surface area contributed by atoms with E-state index in [1.165, 1.54) is 17.7 Å². The summed E-state index contributed by atoms with van der Waals surface area (Å²) in [4.78, 5) is 38.1. The number of fused-ring (bicyclic) bond motifs is 7. The summed E-state index contributed by atoms with van der Waals surface area (Å²) < 4.78 is 5.93. The molecule has 0 aliphatic heterocycles. The highest BCUT2D eigenvalue weighted by atomic mass is 16.7. The summed E-state index contributed by atoms with van der Waals surface area (Å²) in [5.41, 5.74) is -0.410. The summed E-state index contributed by atoms with van der Waals surface area (Å²) in [7, 11) is 0. The van der Waals surface area contributed by atoms with Crippen LogP contribution in [-0.4, -0.2) is 39.0 Å². The summed E-state index contributed by atoms with van der Waals surface area (Å²) >= 11 is 0. The Morgan fingerprint density at radius 1 is 0.800 bits per heavy atom. The third kappa shape index (κ3) is 4.27. The molecule has 246 valence electrons. The van der Waals surface area contributed by atoms with Crippen molar-refractivity contribution in [1.29, 1.82) is 0 Å². The number of allylic oxidation sites excluding steroid dienone is 2. The molecule has 8 atom stereocenters. The molecule has 0 spiro atoms. The van der Waals surface area contributed by atoms with Crippen LogP contribution in [0.2, 0.25) is 0 Å². The molecule has 0 unspecified atom stereocenters. The van der Waals surface area contributed by atoms with E-state index in [-0.39, 0.29) is 51.0 Å². The van der Waals surface area contributed by atoms with E-state index in [9.17, 15) is 29.7 Å². The van der Waals surface area contributed by atoms with Gasteiger partial charge in [0.05, 0.1) is 16.5 Å². The van der Waals surface area contributed by atoms with Gasteiger partial charge in [0.2, 0.25) is 5.79 Å². The van der Waals surface area contributed by atoms with Crippen molar-refractivity contribution in [2.75, 3.05) is 0 Å². The van der Waals surface area contributed by atoms with Crippen LogP contribution >= 0.6 is 0 Å². The van der Waals surface area contributed by atoms with Crippen LogP contribution in [0.3, 0.4) is 0 Å². The van der Waals surface area contributed by atoms with E-state index in [1.807, 2.05) is 13.8 Å². The van der Waals surface area contributed by atoms with E-state index in [0.717, 1.165) is 51.4 Å². The first kappa shape index (κ1) is 32.3. The number of carboxylic acids is 2. The number of esters is 1. The molecule has 5 aliphatic rings. The standard InChI is InChI=1S/C38H52O7/c1-32(2)16-19-37(31(42)43)20-18-35(6)25(26(37)22-32)12-13-28-34(5)17-21-38(44,33(3,4)27(34)14-15-36(28,35)7)45-30(41)24-11-9-8-10-23(24)29(39)40/h8-12,26-28,44H,13-22H2,1-7H3,(H,39,40)(H,42,43)/t26-,27-,28+,34-,35+,36+,37-,38-/m0/s1. The van der Waals surface area contributed by atoms with Gasteiger partial charge in [-0.3, -0.25) is 4.79 Å². The molecular weight excluding hydrogens is 568 g/mol. The number of carbonyl (C=O) groups is 3. The Bertz CT molecular complexity index is 1470. The first-order valence-corrected chi connectivity index (χ1v) is 17.0. The molecular formula is C38H52O7. The van der Waals surface area contributed by atoms with Crippen molar-refractivity contribution in [3.63, 3.8) is 0 Å². The third-order valence-electron chi connectivity index (χ3n) is 14.8. The molecule has 7 heteroatoms. The second-order valence-electron chi connectivity index (χ2n) is 17.4. The van der Waals surface area contributed by atoms with E-state index in [4.69, 9.17) is 4.74 Å². The number of carboxylic acid groups (broad SMARTS) is 2. The van der Waals surface area contributed by atoms with Crippen LogP contribution in [0.1, 0.15) is 133 Å². The minimum Gasteiger partial charge on any atom is -0.481 e. The zero-order valence-corrected chi connectivity index (χ0v) is 28.2. The predicted molar refractivity (Wildman–Crippen MR) is 170 cm³/mol. The summed E-state index contributed by atoms with van der Waals surface area (Å²) in [6.07, 6.45) is 10.3. The Balaban J connectivity index is 1.34. The van der Waals surface area contributed by atoms with Gasteiger partial charge in [0, 0.05) is 11.8 Å². The smallest absolute Gasteiger partial charge is 0.341 e. The van der Waals surface area contributed by atoms with Gasteiger partial charge >= 0.3 is 17.9 Å². The average Bonchev–Trinajstić information content (AvgIpc) is 2.95. The Kier molecular flexibility index (Phi) is 7.11. The highest BCUT2D eigenvalue weighted by Gasteiger charge is 2.71. The van der Waals surface area contributed by atoms with E-state index >= 15 is 0 Å². The summed E-state index contributed by atoms with van der Waals surface area (Å²) in [6, 6.07) is 5.98. The molecule has 3 N–H and O–H groups in total. The molecule has 0 aromatic heterocycles. The molecule has 0 heterocycles. The predicted octanol–water partition coefficient (Wildman–Crippen LogP) is 8.12. The fraction of sp³-hybridized carbons (Fsp3) is 0.711. The van der Waals surface area contributed by atoms with Gasteiger partial charge in [-0.15, -0.1) is 0 Å². The van der Waals surface area contributed by atoms with Crippen LogP contribution in [0.25, 0.3) is 0 Å². The number of aliphatic hydroxyl groups is 1. The van der Waals surface area contributed by atoms with Gasteiger partial charge in [-0.05, 0) is 109 Å². The Morgan fingerprint density at radius 2 is 1.44 bits per heavy atom. The van der Waals surface area contributed by atoms with Gasteiger partial charge in [0.15, 0.2) is 0 Å². The van der Waals surface area contributed by atoms with E-state index in [1.54, 1.807) is 12.1 Å². The van der Waals surface area contributed by atoms with Crippen molar-refractivity contribution in [2.24, 2.45) is 50.2 Å². The Labute approximate surface area is 267 Å². The van der Waals surface area contributed by atoms with Crippen molar-refractivity contribution in [1.82, 2.24) is 0 Å². The largest absolute Gasteiger partial charge is 0.481 e. The fourth-order valence-corrected chi connectivity index (χ4v) is 11.8. The molecule has 4 fully saturated rings. The van der Waals surface area contributed by atoms with Crippen molar-refractivity contribution in [3.8, 4) is 0 Å². The van der Waals surface area contributed by atoms with E-state index in [2.05, 4.69) is 40.7 Å². The van der Waals surface area contributed by atoms with Crippen LogP contribution < -0.4 is 0 Å². The Morgan fingerprint density at radius 3 is 2.09 bits per heavy atom. The zero-order chi connectivity index (χ0) is 33.0. The molecule has 0 bridgehead atoms. The number of hydrogen-bond acceptors (Lipinski definition) is 5. The zero-order valence-electron chi connectivity index (χ0n) is 28.2. The number of aromatic carboxylic acids is 1. The molecule has 1 aromatic carbocycles. The summed E-state index contributed by atoms with van der Waals surface area (Å²) in [5, 5.41) is 32.4. The second-order valence-corrected chi connectivity index (χ2v) is 17.4. The molecule has 5 aliphatic carbocycles. The number of aliphatic carboxylic acids is 1. The van der Waals surface area contributed by atoms with Gasteiger partial charge in [0.25, 0.3) is 0 Å². The Hall–Kier alpha value is -2.67. The SMILES string of the molecule is CC1(C)CC[C@]2(C(=O)O)CC[C@]3(C)C(=CC[C@@H]4[C@@]5(C)CC[C@](O)(OC(=O)c6ccccc6C(=O)O)C(C)(C)[C@@H]5CC[C@]43C)[C@@H]2C1. The first-order valence-electron chi connectivity index (χ1n) is 17.0. The molecule has 7 nitrogen and oxygen atoms in total. The number of carbonyl (C=O) groups excluding carboxylic acids is 1. The highest BCUT2D eigenvalue weighted by Crippen LogP contribution is 2.76. The number of ether oxygens (including phenoxy) is 1. The van der Waals surface area contributed by atoms with Crippen LogP contribution in [0.4, 0.5) is 0 Å². The maximum Gasteiger partial charge on any atom is 0.341 e. The summed E-state index contributed by atoms with van der Waals surface area (Å²) in [6.45, 7) is 15.9. The number of benzene rings is 1. The summed E-state index contributed by atoms with van der Waals surface area (Å²) in [5.74, 6) is -3.94. The average molecular weight is 621 g/mol. The van der Waals surface area contributed by atoms with Gasteiger partial charge in [-0.1, -0.05) is 72.2 Å². The minimum absolute atomic E-state index is 0.0305. The molecule has 0 saturated heterocycles. The van der Waals surface area contributed by atoms with Crippen LogP contribution in [-0.2, 0) is 9.53 Å².